The van der Waals surface area contributed by atoms with Crippen molar-refractivity contribution >= 4 is 6.03 Å². The van der Waals surface area contributed by atoms with Crippen LogP contribution in [-0.4, -0.2) is 27.3 Å². The predicted octanol–water partition coefficient (Wildman–Crippen LogP) is 2.64. The Morgan fingerprint density at radius 1 is 1.29 bits per heavy atom. The minimum Gasteiger partial charge on any atom is -0.388 e. The average Bonchev–Trinajstić information content (AvgIpc) is 2.99. The fourth-order valence-electron chi connectivity index (χ4n) is 2.43. The highest BCUT2D eigenvalue weighted by Gasteiger charge is 2.20. The van der Waals surface area contributed by atoms with Crippen LogP contribution in [0.2, 0.25) is 0 Å². The molecular weight excluding hydrogens is 308 g/mol. The van der Waals surface area contributed by atoms with Gasteiger partial charge in [0, 0.05) is 13.0 Å². The van der Waals surface area contributed by atoms with Gasteiger partial charge in [-0.15, -0.1) is 0 Å². The molecule has 24 heavy (non-hydrogen) atoms. The van der Waals surface area contributed by atoms with Gasteiger partial charge in [-0.25, -0.2) is 4.79 Å². The molecule has 2 amide bonds. The van der Waals surface area contributed by atoms with E-state index in [0.717, 1.165) is 5.56 Å². The van der Waals surface area contributed by atoms with E-state index in [1.807, 2.05) is 44.2 Å². The van der Waals surface area contributed by atoms with Crippen molar-refractivity contribution in [3.05, 3.63) is 47.6 Å². The number of nitrogens with one attached hydrogen (secondary N) is 2. The van der Waals surface area contributed by atoms with Gasteiger partial charge in [-0.2, -0.15) is 4.98 Å². The first-order valence-electron chi connectivity index (χ1n) is 8.09. The Balaban J connectivity index is 1.84. The first kappa shape index (κ1) is 17.9. The zero-order valence-electron chi connectivity index (χ0n) is 14.2. The first-order chi connectivity index (χ1) is 11.5. The molecule has 1 aromatic heterocycles. The molecule has 130 valence electrons. The number of amides is 2. The highest BCUT2D eigenvalue weighted by atomic mass is 16.5. The van der Waals surface area contributed by atoms with E-state index in [4.69, 9.17) is 4.52 Å². The number of rotatable bonds is 7. The Bertz CT molecular complexity index is 644. The van der Waals surface area contributed by atoms with E-state index in [2.05, 4.69) is 20.8 Å². The Morgan fingerprint density at radius 3 is 2.58 bits per heavy atom. The summed E-state index contributed by atoms with van der Waals surface area (Å²) in [5.74, 6) is 0.923. The summed E-state index contributed by atoms with van der Waals surface area (Å²) < 4.78 is 4.95. The van der Waals surface area contributed by atoms with Crippen LogP contribution in [0.4, 0.5) is 4.79 Å². The second-order valence-electron chi connectivity index (χ2n) is 5.81. The molecule has 2 aromatic rings. The molecule has 0 aliphatic rings. The number of carbonyl (C=O) groups is 1. The van der Waals surface area contributed by atoms with Crippen LogP contribution in [0, 0.1) is 6.92 Å². The maximum Gasteiger partial charge on any atom is 0.315 e. The van der Waals surface area contributed by atoms with Crippen molar-refractivity contribution in [3.63, 3.8) is 0 Å². The Labute approximate surface area is 141 Å². The topological polar surface area (TPSA) is 100 Å². The fraction of sp³-hybridized carbons (Fsp3) is 0.471. The van der Waals surface area contributed by atoms with Crippen LogP contribution in [0.15, 0.2) is 34.9 Å². The maximum atomic E-state index is 12.1. The third-order valence-electron chi connectivity index (χ3n) is 3.71. The number of carbonyl (C=O) groups excluding carboxylic acids is 1. The van der Waals surface area contributed by atoms with E-state index in [9.17, 15) is 9.90 Å². The summed E-state index contributed by atoms with van der Waals surface area (Å²) in [6, 6.07) is 8.56. The van der Waals surface area contributed by atoms with Crippen LogP contribution in [0.25, 0.3) is 0 Å². The molecule has 0 aliphatic heterocycles. The van der Waals surface area contributed by atoms with E-state index in [0.29, 0.717) is 24.6 Å². The lowest BCUT2D eigenvalue weighted by Crippen LogP contribution is -2.43. The lowest BCUT2D eigenvalue weighted by molar-refractivity contribution is 0.154. The lowest BCUT2D eigenvalue weighted by atomic mass is 10.0. The van der Waals surface area contributed by atoms with E-state index in [1.54, 1.807) is 6.92 Å². The average molecular weight is 332 g/mol. The predicted molar refractivity (Wildman–Crippen MR) is 89.2 cm³/mol. The summed E-state index contributed by atoms with van der Waals surface area (Å²) in [4.78, 5) is 16.3. The van der Waals surface area contributed by atoms with Gasteiger partial charge in [-0.3, -0.25) is 0 Å². The normalized spacial score (nSPS) is 14.7. The van der Waals surface area contributed by atoms with Crippen molar-refractivity contribution in [2.75, 3.05) is 0 Å². The number of aromatic nitrogens is 2. The standard InChI is InChI=1S/C17H24N4O3/c1-4-14(16-19-12(3)24-21-16)20-17(23)18-11(2)10-15(22)13-8-6-5-7-9-13/h5-9,11,14-15,22H,4,10H2,1-3H3,(H2,18,20,23). The van der Waals surface area contributed by atoms with E-state index >= 15 is 0 Å². The smallest absolute Gasteiger partial charge is 0.315 e. The number of aliphatic hydroxyl groups excluding tert-OH is 1. The molecule has 7 heteroatoms. The molecule has 1 heterocycles. The van der Waals surface area contributed by atoms with Crippen molar-refractivity contribution in [1.29, 1.82) is 0 Å². The lowest BCUT2D eigenvalue weighted by Gasteiger charge is -2.20. The van der Waals surface area contributed by atoms with Crippen molar-refractivity contribution in [3.8, 4) is 0 Å². The van der Waals surface area contributed by atoms with Gasteiger partial charge in [-0.1, -0.05) is 42.4 Å². The molecule has 0 spiro atoms. The largest absolute Gasteiger partial charge is 0.388 e. The van der Waals surface area contributed by atoms with Gasteiger partial charge in [0.2, 0.25) is 5.89 Å². The summed E-state index contributed by atoms with van der Waals surface area (Å²) in [6.07, 6.45) is 0.450. The molecule has 0 radical (unpaired) electrons. The van der Waals surface area contributed by atoms with Crippen molar-refractivity contribution in [1.82, 2.24) is 20.8 Å². The number of hydrogen-bond donors (Lipinski definition) is 3. The molecule has 0 aliphatic carbocycles. The second kappa shape index (κ2) is 8.44. The second-order valence-corrected chi connectivity index (χ2v) is 5.81. The molecule has 3 atom stereocenters. The maximum absolute atomic E-state index is 12.1. The van der Waals surface area contributed by atoms with Gasteiger partial charge in [0.1, 0.15) is 0 Å². The molecule has 3 N–H and O–H groups in total. The van der Waals surface area contributed by atoms with E-state index in [1.165, 1.54) is 0 Å². The fourth-order valence-corrected chi connectivity index (χ4v) is 2.43. The third kappa shape index (κ3) is 5.06. The SMILES string of the molecule is CCC(NC(=O)NC(C)CC(O)c1ccccc1)c1noc(C)n1. The quantitative estimate of drug-likeness (QED) is 0.724. The molecule has 0 fully saturated rings. The molecule has 3 unspecified atom stereocenters. The summed E-state index contributed by atoms with van der Waals surface area (Å²) in [5, 5.41) is 19.7. The van der Waals surface area contributed by atoms with Gasteiger partial charge in [0.25, 0.3) is 0 Å². The highest BCUT2D eigenvalue weighted by molar-refractivity contribution is 5.74. The van der Waals surface area contributed by atoms with Crippen molar-refractivity contribution < 1.29 is 14.4 Å². The number of aliphatic hydroxyl groups is 1. The van der Waals surface area contributed by atoms with E-state index < -0.39 is 6.10 Å². The summed E-state index contributed by atoms with van der Waals surface area (Å²) in [7, 11) is 0. The molecule has 0 saturated carbocycles. The molecule has 0 bridgehead atoms. The molecule has 7 nitrogen and oxygen atoms in total. The van der Waals surface area contributed by atoms with Gasteiger partial charge < -0.3 is 20.3 Å². The van der Waals surface area contributed by atoms with Crippen LogP contribution in [0.3, 0.4) is 0 Å². The van der Waals surface area contributed by atoms with Gasteiger partial charge in [0.05, 0.1) is 12.1 Å². The van der Waals surface area contributed by atoms with Crippen LogP contribution >= 0.6 is 0 Å². The molecule has 1 aromatic carbocycles. The van der Waals surface area contributed by atoms with E-state index in [-0.39, 0.29) is 18.1 Å². The van der Waals surface area contributed by atoms with Crippen LogP contribution < -0.4 is 10.6 Å². The number of aryl methyl sites for hydroxylation is 1. The Hall–Kier alpha value is -2.41. The minimum atomic E-state index is -0.622. The number of benzene rings is 1. The number of hydrogen-bond acceptors (Lipinski definition) is 5. The Kier molecular flexibility index (Phi) is 6.31. The monoisotopic (exact) mass is 332 g/mol. The van der Waals surface area contributed by atoms with Gasteiger partial charge in [-0.05, 0) is 25.3 Å². The Morgan fingerprint density at radius 2 is 2.00 bits per heavy atom. The molecule has 0 saturated heterocycles. The van der Waals surface area contributed by atoms with Crippen molar-refractivity contribution in [2.45, 2.75) is 51.8 Å². The first-order valence-corrected chi connectivity index (χ1v) is 8.09. The minimum absolute atomic E-state index is 0.190. The van der Waals surface area contributed by atoms with Crippen LogP contribution in [0.1, 0.15) is 56.1 Å². The highest BCUT2D eigenvalue weighted by Crippen LogP contribution is 2.18. The van der Waals surface area contributed by atoms with Gasteiger partial charge >= 0.3 is 6.03 Å². The summed E-state index contributed by atoms with van der Waals surface area (Å²) >= 11 is 0. The number of urea groups is 1. The van der Waals surface area contributed by atoms with Crippen molar-refractivity contribution in [2.24, 2.45) is 0 Å². The molecule has 2 rings (SSSR count). The summed E-state index contributed by atoms with van der Waals surface area (Å²) in [6.45, 7) is 5.49. The number of nitrogens with zero attached hydrogens (tertiary/aromatic N) is 2. The van der Waals surface area contributed by atoms with Crippen LogP contribution in [0.5, 0.6) is 0 Å². The zero-order chi connectivity index (χ0) is 17.5. The van der Waals surface area contributed by atoms with Gasteiger partial charge in [0.15, 0.2) is 5.82 Å². The van der Waals surface area contributed by atoms with Crippen LogP contribution in [-0.2, 0) is 0 Å². The zero-order valence-corrected chi connectivity index (χ0v) is 14.2. The molecular formula is C17H24N4O3. The summed E-state index contributed by atoms with van der Waals surface area (Å²) in [5.41, 5.74) is 0.834. The third-order valence-corrected chi connectivity index (χ3v) is 3.71.